The van der Waals surface area contributed by atoms with Crippen LogP contribution in [0.25, 0.3) is 0 Å². The second kappa shape index (κ2) is 14.5. The van der Waals surface area contributed by atoms with Gasteiger partial charge in [-0.2, -0.15) is 5.26 Å². The van der Waals surface area contributed by atoms with Gasteiger partial charge in [-0.1, -0.05) is 38.7 Å². The molecular formula is C28H34N4O2. The molecule has 0 amide bonds. The van der Waals surface area contributed by atoms with Crippen molar-refractivity contribution < 1.29 is 9.53 Å². The summed E-state index contributed by atoms with van der Waals surface area (Å²) in [5, 5.41) is 8.74. The number of hydrogen-bond donors (Lipinski definition) is 0. The smallest absolute Gasteiger partial charge is 0.339 e. The number of rotatable bonds is 5. The van der Waals surface area contributed by atoms with Gasteiger partial charge >= 0.3 is 5.97 Å². The number of piperazine rings is 1. The Morgan fingerprint density at radius 1 is 1.12 bits per heavy atom. The number of likely N-dealkylation sites (N-methyl/N-ethyl adjacent to an activating group) is 1. The van der Waals surface area contributed by atoms with Gasteiger partial charge in [-0.3, -0.25) is 4.98 Å². The molecule has 1 saturated heterocycles. The largest absolute Gasteiger partial charge is 0.465 e. The maximum atomic E-state index is 11.5. The van der Waals surface area contributed by atoms with E-state index in [1.165, 1.54) is 12.8 Å². The molecule has 0 spiro atoms. The average molecular weight is 459 g/mol. The van der Waals surface area contributed by atoms with Crippen molar-refractivity contribution in [3.8, 4) is 17.9 Å². The lowest BCUT2D eigenvalue weighted by molar-refractivity contribution is 0.0600. The maximum Gasteiger partial charge on any atom is 0.339 e. The van der Waals surface area contributed by atoms with Gasteiger partial charge < -0.3 is 14.5 Å². The van der Waals surface area contributed by atoms with Crippen LogP contribution in [0.15, 0.2) is 54.4 Å². The molecule has 3 rings (SSSR count). The van der Waals surface area contributed by atoms with E-state index in [-0.39, 0.29) is 5.97 Å². The zero-order valence-corrected chi connectivity index (χ0v) is 20.7. The van der Waals surface area contributed by atoms with Crippen molar-refractivity contribution >= 4 is 11.7 Å². The van der Waals surface area contributed by atoms with Gasteiger partial charge in [0.25, 0.3) is 0 Å². The minimum atomic E-state index is -0.390. The molecule has 0 unspecified atom stereocenters. The summed E-state index contributed by atoms with van der Waals surface area (Å²) in [6, 6.07) is 11.6. The third kappa shape index (κ3) is 8.06. The lowest BCUT2D eigenvalue weighted by Gasteiger charge is -2.35. The predicted octanol–water partition coefficient (Wildman–Crippen LogP) is 4.67. The summed E-state index contributed by atoms with van der Waals surface area (Å²) in [5.74, 6) is 5.66. The quantitative estimate of drug-likeness (QED) is 0.479. The fourth-order valence-electron chi connectivity index (χ4n) is 3.53. The molecule has 1 aliphatic heterocycles. The molecule has 0 N–H and O–H groups in total. The second-order valence-electron chi connectivity index (χ2n) is 7.73. The van der Waals surface area contributed by atoms with E-state index in [0.717, 1.165) is 56.7 Å². The van der Waals surface area contributed by atoms with Crippen LogP contribution < -0.4 is 4.90 Å². The van der Waals surface area contributed by atoms with Gasteiger partial charge in [0.15, 0.2) is 0 Å². The predicted molar refractivity (Wildman–Crippen MR) is 137 cm³/mol. The van der Waals surface area contributed by atoms with E-state index in [1.807, 2.05) is 24.3 Å². The second-order valence-corrected chi connectivity index (χ2v) is 7.73. The molecule has 0 bridgehead atoms. The first-order valence-corrected chi connectivity index (χ1v) is 11.8. The van der Waals surface area contributed by atoms with Crippen molar-refractivity contribution in [2.24, 2.45) is 0 Å². The van der Waals surface area contributed by atoms with Crippen LogP contribution in [-0.2, 0) is 4.74 Å². The number of carbonyl (C=O) groups is 1. The molecule has 0 saturated carbocycles. The zero-order valence-electron chi connectivity index (χ0n) is 20.7. The number of methoxy groups -OCH3 is 1. The normalized spacial score (nSPS) is 13.6. The van der Waals surface area contributed by atoms with E-state index in [2.05, 4.69) is 59.5 Å². The van der Waals surface area contributed by atoms with E-state index in [9.17, 15) is 4.79 Å². The van der Waals surface area contributed by atoms with Gasteiger partial charge in [0.2, 0.25) is 0 Å². The van der Waals surface area contributed by atoms with Crippen molar-refractivity contribution in [1.82, 2.24) is 9.88 Å². The van der Waals surface area contributed by atoms with Crippen LogP contribution in [0, 0.1) is 23.2 Å². The molecule has 1 aromatic heterocycles. The topological polar surface area (TPSA) is 69.5 Å². The van der Waals surface area contributed by atoms with E-state index < -0.39 is 0 Å². The van der Waals surface area contributed by atoms with E-state index in [0.29, 0.717) is 11.1 Å². The Balaban J connectivity index is 0.000000241. The SMILES string of the molecule is CC/C=C(/C#Cc1cnccc1C(=O)OC)CC.CCN1CCN(c2ccc(C#N)cc2)CC1. The monoisotopic (exact) mass is 458 g/mol. The fourth-order valence-corrected chi connectivity index (χ4v) is 3.53. The van der Waals surface area contributed by atoms with Gasteiger partial charge in [0, 0.05) is 44.3 Å². The lowest BCUT2D eigenvalue weighted by Crippen LogP contribution is -2.46. The van der Waals surface area contributed by atoms with Crippen molar-refractivity contribution in [1.29, 1.82) is 5.26 Å². The summed E-state index contributed by atoms with van der Waals surface area (Å²) in [5.41, 5.74) is 4.08. The number of aromatic nitrogens is 1. The molecule has 0 aliphatic carbocycles. The highest BCUT2D eigenvalue weighted by molar-refractivity contribution is 5.92. The number of pyridine rings is 1. The van der Waals surface area contributed by atoms with Crippen LogP contribution in [-0.4, -0.2) is 55.7 Å². The maximum absolute atomic E-state index is 11.5. The number of carbonyl (C=O) groups excluding carboxylic acids is 1. The Morgan fingerprint density at radius 3 is 2.38 bits per heavy atom. The van der Waals surface area contributed by atoms with Gasteiger partial charge in [0.05, 0.1) is 29.9 Å². The molecule has 0 atom stereocenters. The molecule has 1 aliphatic rings. The van der Waals surface area contributed by atoms with Gasteiger partial charge in [-0.25, -0.2) is 4.79 Å². The van der Waals surface area contributed by atoms with Crippen LogP contribution in [0.2, 0.25) is 0 Å². The summed E-state index contributed by atoms with van der Waals surface area (Å²) in [4.78, 5) is 20.4. The number of nitriles is 1. The summed E-state index contributed by atoms with van der Waals surface area (Å²) in [6.07, 6.45) is 7.06. The summed E-state index contributed by atoms with van der Waals surface area (Å²) in [7, 11) is 1.36. The summed E-state index contributed by atoms with van der Waals surface area (Å²) < 4.78 is 4.71. The van der Waals surface area contributed by atoms with Crippen LogP contribution in [0.3, 0.4) is 0 Å². The van der Waals surface area contributed by atoms with Crippen LogP contribution in [0.4, 0.5) is 5.69 Å². The molecular weight excluding hydrogens is 424 g/mol. The Kier molecular flexibility index (Phi) is 11.4. The molecule has 6 nitrogen and oxygen atoms in total. The number of ether oxygens (including phenoxy) is 1. The van der Waals surface area contributed by atoms with Gasteiger partial charge in [-0.15, -0.1) is 0 Å². The molecule has 6 heteroatoms. The highest BCUT2D eigenvalue weighted by Gasteiger charge is 2.15. The van der Waals surface area contributed by atoms with Crippen molar-refractivity contribution in [3.05, 3.63) is 71.1 Å². The molecule has 0 radical (unpaired) electrons. The Labute approximate surface area is 203 Å². The molecule has 1 aromatic carbocycles. The number of nitrogens with zero attached hydrogens (tertiary/aromatic N) is 4. The molecule has 2 aromatic rings. The van der Waals surface area contributed by atoms with Gasteiger partial charge in [0.1, 0.15) is 0 Å². The highest BCUT2D eigenvalue weighted by Crippen LogP contribution is 2.17. The summed E-state index contributed by atoms with van der Waals surface area (Å²) in [6.45, 7) is 11.9. The third-order valence-electron chi connectivity index (χ3n) is 5.60. The average Bonchev–Trinajstić information content (AvgIpc) is 2.91. The molecule has 1 fully saturated rings. The zero-order chi connectivity index (χ0) is 24.8. The number of esters is 1. The molecule has 178 valence electrons. The first-order valence-electron chi connectivity index (χ1n) is 11.8. The lowest BCUT2D eigenvalue weighted by atomic mass is 10.1. The van der Waals surface area contributed by atoms with Crippen molar-refractivity contribution in [2.45, 2.75) is 33.6 Å². The number of anilines is 1. The Hall–Kier alpha value is -3.61. The highest BCUT2D eigenvalue weighted by atomic mass is 16.5. The summed E-state index contributed by atoms with van der Waals surface area (Å²) >= 11 is 0. The van der Waals surface area contributed by atoms with E-state index >= 15 is 0 Å². The first kappa shape index (κ1) is 26.6. The first-order chi connectivity index (χ1) is 16.6. The minimum absolute atomic E-state index is 0.390. The van der Waals surface area contributed by atoms with Crippen LogP contribution in [0.1, 0.15) is 55.1 Å². The molecule has 2 heterocycles. The Bertz CT molecular complexity index is 1050. The van der Waals surface area contributed by atoms with Gasteiger partial charge in [-0.05, 0) is 55.3 Å². The fraction of sp³-hybridized carbons (Fsp3) is 0.393. The third-order valence-corrected chi connectivity index (χ3v) is 5.60. The number of allylic oxidation sites excluding steroid dienone is 2. The van der Waals surface area contributed by atoms with E-state index in [1.54, 1.807) is 18.5 Å². The number of benzene rings is 1. The number of hydrogen-bond acceptors (Lipinski definition) is 6. The van der Waals surface area contributed by atoms with Crippen molar-refractivity contribution in [2.75, 3.05) is 44.7 Å². The Morgan fingerprint density at radius 2 is 1.82 bits per heavy atom. The van der Waals surface area contributed by atoms with Crippen LogP contribution in [0.5, 0.6) is 0 Å². The molecule has 34 heavy (non-hydrogen) atoms. The minimum Gasteiger partial charge on any atom is -0.465 e. The van der Waals surface area contributed by atoms with Crippen molar-refractivity contribution in [3.63, 3.8) is 0 Å². The van der Waals surface area contributed by atoms with Crippen LogP contribution >= 0.6 is 0 Å². The standard InChI is InChI=1S/C15H17NO2.C13H17N3/c1-4-6-12(5-2)7-8-13-11-16-10-9-14(13)15(17)18-3;1-2-15-7-9-16(10-8-15)13-5-3-12(11-14)4-6-13/h6,9-11H,4-5H2,1-3H3;3-6H,2,7-10H2,1H3/b12-6+;. The van der Waals surface area contributed by atoms with E-state index in [4.69, 9.17) is 10.00 Å².